The largest absolute Gasteiger partial charge is 0.493 e. The van der Waals surface area contributed by atoms with Crippen molar-refractivity contribution in [3.05, 3.63) is 77.4 Å². The van der Waals surface area contributed by atoms with Gasteiger partial charge in [-0.3, -0.25) is 9.59 Å². The van der Waals surface area contributed by atoms with Crippen molar-refractivity contribution >= 4 is 17.5 Å². The van der Waals surface area contributed by atoms with Gasteiger partial charge in [-0.05, 0) is 47.5 Å². The predicted molar refractivity (Wildman–Crippen MR) is 152 cm³/mol. The normalized spacial score (nSPS) is 18.7. The molecule has 2 aliphatic heterocycles. The number of hydrogen-bond acceptors (Lipinski definition) is 7. The van der Waals surface area contributed by atoms with E-state index >= 15 is 0 Å². The van der Waals surface area contributed by atoms with Crippen LogP contribution in [0.5, 0.6) is 23.0 Å². The van der Waals surface area contributed by atoms with Crippen LogP contribution in [-0.4, -0.2) is 83.3 Å². The average Bonchev–Trinajstić information content (AvgIpc) is 3.01. The molecular formula is C31H35N3O6. The first-order chi connectivity index (χ1) is 19.4. The number of amides is 2. The number of para-hydroxylation sites is 1. The van der Waals surface area contributed by atoms with E-state index in [1.807, 2.05) is 35.2 Å². The zero-order valence-electron chi connectivity index (χ0n) is 23.5. The van der Waals surface area contributed by atoms with E-state index in [0.717, 1.165) is 24.3 Å². The van der Waals surface area contributed by atoms with E-state index in [-0.39, 0.29) is 11.8 Å². The molecule has 210 valence electrons. The molecule has 0 aliphatic carbocycles. The summed E-state index contributed by atoms with van der Waals surface area (Å²) >= 11 is 0. The predicted octanol–water partition coefficient (Wildman–Crippen LogP) is 3.98. The third-order valence-electron chi connectivity index (χ3n) is 7.90. The fourth-order valence-corrected chi connectivity index (χ4v) is 5.79. The zero-order valence-corrected chi connectivity index (χ0v) is 23.5. The highest BCUT2D eigenvalue weighted by Crippen LogP contribution is 2.47. The van der Waals surface area contributed by atoms with Crippen LogP contribution in [0, 0.1) is 0 Å². The van der Waals surface area contributed by atoms with Gasteiger partial charge < -0.3 is 33.6 Å². The smallest absolute Gasteiger partial charge is 0.254 e. The van der Waals surface area contributed by atoms with E-state index in [1.54, 1.807) is 51.5 Å². The van der Waals surface area contributed by atoms with Crippen molar-refractivity contribution in [1.82, 2.24) is 9.80 Å². The number of likely N-dealkylation sites (N-methyl/N-ethyl adjacent to an activating group) is 1. The molecule has 1 fully saturated rings. The molecule has 2 aliphatic rings. The van der Waals surface area contributed by atoms with Crippen molar-refractivity contribution in [3.8, 4) is 23.0 Å². The van der Waals surface area contributed by atoms with E-state index in [1.165, 1.54) is 7.11 Å². The summed E-state index contributed by atoms with van der Waals surface area (Å²) in [7, 11) is 7.95. The van der Waals surface area contributed by atoms with Gasteiger partial charge in [0.2, 0.25) is 5.91 Å². The van der Waals surface area contributed by atoms with Crippen molar-refractivity contribution in [1.29, 1.82) is 0 Å². The zero-order chi connectivity index (χ0) is 28.4. The summed E-state index contributed by atoms with van der Waals surface area (Å²) in [6.07, 6.45) is 0. The van der Waals surface area contributed by atoms with Crippen LogP contribution in [0.15, 0.2) is 60.7 Å². The van der Waals surface area contributed by atoms with Crippen molar-refractivity contribution in [2.24, 2.45) is 0 Å². The molecule has 2 heterocycles. The number of hydrogen-bond donors (Lipinski definition) is 0. The number of ether oxygens (including phenoxy) is 4. The lowest BCUT2D eigenvalue weighted by Gasteiger charge is -2.43. The minimum Gasteiger partial charge on any atom is -0.493 e. The molecule has 9 nitrogen and oxygen atoms in total. The van der Waals surface area contributed by atoms with Gasteiger partial charge in [0, 0.05) is 44.5 Å². The average molecular weight is 546 g/mol. The van der Waals surface area contributed by atoms with Crippen LogP contribution in [0.2, 0.25) is 0 Å². The highest BCUT2D eigenvalue weighted by Gasteiger charge is 2.45. The molecule has 9 heteroatoms. The number of methoxy groups -OCH3 is 4. The number of piperazine rings is 1. The maximum absolute atomic E-state index is 14.5. The van der Waals surface area contributed by atoms with E-state index in [4.69, 9.17) is 18.9 Å². The first-order valence-electron chi connectivity index (χ1n) is 13.3. The van der Waals surface area contributed by atoms with E-state index in [0.29, 0.717) is 47.2 Å². The minimum atomic E-state index is -0.668. The SMILES string of the molecule is COc1ccc([C@H]2[C@@H](C(=O)N3CCN(c4ccccc4)CC3)c3cc(OC)c(OC)cc3C(=O)N2C)cc1OC. The second-order valence-corrected chi connectivity index (χ2v) is 9.90. The second-order valence-electron chi connectivity index (χ2n) is 9.90. The highest BCUT2D eigenvalue weighted by molar-refractivity contribution is 6.02. The quantitative estimate of drug-likeness (QED) is 0.444. The molecule has 1 saturated heterocycles. The number of benzene rings is 3. The fourth-order valence-electron chi connectivity index (χ4n) is 5.79. The Balaban J connectivity index is 1.57. The number of fused-ring (bicyclic) bond motifs is 1. The van der Waals surface area contributed by atoms with Crippen molar-refractivity contribution in [3.63, 3.8) is 0 Å². The van der Waals surface area contributed by atoms with Crippen LogP contribution >= 0.6 is 0 Å². The van der Waals surface area contributed by atoms with Crippen molar-refractivity contribution in [2.75, 3.05) is 66.6 Å². The minimum absolute atomic E-state index is 0.0414. The molecule has 0 saturated carbocycles. The van der Waals surface area contributed by atoms with Gasteiger partial charge in [-0.2, -0.15) is 0 Å². The van der Waals surface area contributed by atoms with Crippen molar-refractivity contribution in [2.45, 2.75) is 12.0 Å². The topological polar surface area (TPSA) is 80.8 Å². The molecule has 3 aromatic carbocycles. The Morgan fingerprint density at radius 3 is 1.98 bits per heavy atom. The lowest BCUT2D eigenvalue weighted by molar-refractivity contribution is -0.134. The third kappa shape index (κ3) is 4.76. The third-order valence-corrected chi connectivity index (χ3v) is 7.90. The molecule has 2 amide bonds. The van der Waals surface area contributed by atoms with Gasteiger partial charge in [-0.15, -0.1) is 0 Å². The van der Waals surface area contributed by atoms with E-state index in [2.05, 4.69) is 17.0 Å². The van der Waals surface area contributed by atoms with E-state index < -0.39 is 12.0 Å². The lowest BCUT2D eigenvalue weighted by atomic mass is 9.78. The van der Waals surface area contributed by atoms with Crippen LogP contribution in [0.4, 0.5) is 5.69 Å². The Bertz CT molecular complexity index is 1390. The fraction of sp³-hybridized carbons (Fsp3) is 0.355. The summed E-state index contributed by atoms with van der Waals surface area (Å²) in [5, 5.41) is 0. The van der Waals surface area contributed by atoms with Gasteiger partial charge in [-0.1, -0.05) is 24.3 Å². The molecule has 2 atom stereocenters. The Hall–Kier alpha value is -4.40. The molecule has 0 unspecified atom stereocenters. The number of anilines is 1. The Morgan fingerprint density at radius 1 is 0.750 bits per heavy atom. The monoisotopic (exact) mass is 545 g/mol. The summed E-state index contributed by atoms with van der Waals surface area (Å²) in [6, 6.07) is 18.6. The molecular weight excluding hydrogens is 510 g/mol. The van der Waals surface area contributed by atoms with Gasteiger partial charge in [0.25, 0.3) is 5.91 Å². The van der Waals surface area contributed by atoms with Gasteiger partial charge in [0.15, 0.2) is 23.0 Å². The summed E-state index contributed by atoms with van der Waals surface area (Å²) < 4.78 is 22.1. The summed E-state index contributed by atoms with van der Waals surface area (Å²) in [5.74, 6) is 1.10. The van der Waals surface area contributed by atoms with Crippen molar-refractivity contribution < 1.29 is 28.5 Å². The van der Waals surface area contributed by atoms with Crippen LogP contribution < -0.4 is 23.8 Å². The molecule has 5 rings (SSSR count). The molecule has 0 bridgehead atoms. The Labute approximate surface area is 234 Å². The van der Waals surface area contributed by atoms with Gasteiger partial charge in [0.05, 0.1) is 40.4 Å². The summed E-state index contributed by atoms with van der Waals surface area (Å²) in [6.45, 7) is 2.58. The van der Waals surface area contributed by atoms with Crippen LogP contribution in [-0.2, 0) is 4.79 Å². The summed E-state index contributed by atoms with van der Waals surface area (Å²) in [5.41, 5.74) is 2.97. The molecule has 0 radical (unpaired) electrons. The molecule has 0 N–H and O–H groups in total. The maximum Gasteiger partial charge on any atom is 0.254 e. The number of rotatable bonds is 7. The summed E-state index contributed by atoms with van der Waals surface area (Å²) in [4.78, 5) is 34.0. The van der Waals surface area contributed by atoms with Gasteiger partial charge in [-0.25, -0.2) is 0 Å². The highest BCUT2D eigenvalue weighted by atomic mass is 16.5. The molecule has 0 spiro atoms. The maximum atomic E-state index is 14.5. The lowest BCUT2D eigenvalue weighted by Crippen LogP contribution is -2.53. The standard InChI is InChI=1S/C31H35N3O6/c1-32-29(20-11-12-24(37-2)25(17-20)38-3)28(22-18-26(39-4)27(40-5)19-23(22)30(32)35)31(36)34-15-13-33(14-16-34)21-9-7-6-8-10-21/h6-12,17-19,28-29H,13-16H2,1-5H3/t28-,29-/m0/s1. The number of nitrogens with zero attached hydrogens (tertiary/aromatic N) is 3. The van der Waals surface area contributed by atoms with Crippen LogP contribution in [0.3, 0.4) is 0 Å². The molecule has 0 aromatic heterocycles. The van der Waals surface area contributed by atoms with Crippen LogP contribution in [0.1, 0.15) is 33.4 Å². The number of carbonyl (C=O) groups excluding carboxylic acids is 2. The number of carbonyl (C=O) groups is 2. The van der Waals surface area contributed by atoms with Gasteiger partial charge >= 0.3 is 0 Å². The molecule has 40 heavy (non-hydrogen) atoms. The first kappa shape index (κ1) is 27.2. The van der Waals surface area contributed by atoms with E-state index in [9.17, 15) is 9.59 Å². The Kier molecular flexibility index (Phi) is 7.73. The molecule has 3 aromatic rings. The first-order valence-corrected chi connectivity index (χ1v) is 13.3. The van der Waals surface area contributed by atoms with Gasteiger partial charge in [0.1, 0.15) is 0 Å². The Morgan fingerprint density at radius 2 is 1.35 bits per heavy atom. The second kappa shape index (κ2) is 11.4. The van der Waals surface area contributed by atoms with Crippen LogP contribution in [0.25, 0.3) is 0 Å².